The molecule has 6 nitrogen and oxygen atoms in total. The molecular weight excluding hydrogens is 224 g/mol. The zero-order valence-electron chi connectivity index (χ0n) is 10.4. The van der Waals surface area contributed by atoms with Crippen LogP contribution in [0.5, 0.6) is 0 Å². The Morgan fingerprint density at radius 1 is 1.41 bits per heavy atom. The van der Waals surface area contributed by atoms with Crippen LogP contribution < -0.4 is 0 Å². The summed E-state index contributed by atoms with van der Waals surface area (Å²) >= 11 is 0. The predicted molar refractivity (Wildman–Crippen MR) is 59.8 cm³/mol. The zero-order valence-corrected chi connectivity index (χ0v) is 10.4. The number of hydrogen-bond donors (Lipinski definition) is 0. The quantitative estimate of drug-likeness (QED) is 0.738. The second-order valence-electron chi connectivity index (χ2n) is 4.35. The van der Waals surface area contributed by atoms with Crippen molar-refractivity contribution in [2.45, 2.75) is 33.3 Å². The van der Waals surface area contributed by atoms with Gasteiger partial charge in [0.15, 0.2) is 5.69 Å². The van der Waals surface area contributed by atoms with Gasteiger partial charge < -0.3 is 9.47 Å². The van der Waals surface area contributed by atoms with Gasteiger partial charge in [-0.05, 0) is 33.8 Å². The highest BCUT2D eigenvalue weighted by atomic mass is 16.6. The average molecular weight is 240 g/mol. The van der Waals surface area contributed by atoms with Crippen LogP contribution in [0.4, 0.5) is 4.79 Å². The molecule has 0 radical (unpaired) electrons. The first kappa shape index (κ1) is 13.2. The van der Waals surface area contributed by atoms with Gasteiger partial charge in [-0.3, -0.25) is 0 Å². The molecule has 0 unspecified atom stereocenters. The van der Waals surface area contributed by atoms with Crippen LogP contribution >= 0.6 is 0 Å². The first-order chi connectivity index (χ1) is 7.83. The van der Waals surface area contributed by atoms with Crippen LogP contribution in [0.1, 0.15) is 38.2 Å². The Morgan fingerprint density at radius 2 is 2.06 bits per heavy atom. The van der Waals surface area contributed by atoms with Crippen molar-refractivity contribution < 1.29 is 19.1 Å². The Kier molecular flexibility index (Phi) is 3.88. The highest BCUT2D eigenvalue weighted by molar-refractivity contribution is 5.87. The van der Waals surface area contributed by atoms with Crippen LogP contribution in [-0.4, -0.2) is 34.1 Å². The third-order valence-corrected chi connectivity index (χ3v) is 1.65. The van der Waals surface area contributed by atoms with E-state index in [2.05, 4.69) is 5.10 Å². The van der Waals surface area contributed by atoms with E-state index in [1.807, 2.05) is 0 Å². The maximum atomic E-state index is 11.6. The first-order valence-electron chi connectivity index (χ1n) is 5.29. The largest absolute Gasteiger partial charge is 0.461 e. The van der Waals surface area contributed by atoms with Gasteiger partial charge in [0, 0.05) is 6.20 Å². The van der Waals surface area contributed by atoms with Crippen LogP contribution in [0.2, 0.25) is 0 Å². The Balaban J connectivity index is 2.74. The molecule has 0 aliphatic rings. The molecule has 0 aliphatic heterocycles. The Labute approximate surface area is 99.5 Å². The number of carbonyl (C=O) groups is 2. The van der Waals surface area contributed by atoms with Gasteiger partial charge in [-0.25, -0.2) is 9.59 Å². The molecule has 0 aliphatic carbocycles. The van der Waals surface area contributed by atoms with Gasteiger partial charge in [0.2, 0.25) is 0 Å². The summed E-state index contributed by atoms with van der Waals surface area (Å²) in [6, 6.07) is 1.40. The SMILES string of the molecule is CCOC(=O)c1ccn(C(=O)OC(C)(C)C)n1. The molecule has 0 spiro atoms. The molecule has 0 saturated heterocycles. The van der Waals surface area contributed by atoms with Gasteiger partial charge in [0.1, 0.15) is 5.60 Å². The number of esters is 1. The lowest BCUT2D eigenvalue weighted by molar-refractivity contribution is 0.0500. The second kappa shape index (κ2) is 4.99. The van der Waals surface area contributed by atoms with Gasteiger partial charge in [0.25, 0.3) is 0 Å². The van der Waals surface area contributed by atoms with E-state index in [0.29, 0.717) is 0 Å². The second-order valence-corrected chi connectivity index (χ2v) is 4.35. The molecule has 1 rings (SSSR count). The highest BCUT2D eigenvalue weighted by Gasteiger charge is 2.20. The fourth-order valence-corrected chi connectivity index (χ4v) is 1.05. The fraction of sp³-hybridized carbons (Fsp3) is 0.545. The van der Waals surface area contributed by atoms with E-state index in [0.717, 1.165) is 4.68 Å². The molecule has 1 aromatic heterocycles. The van der Waals surface area contributed by atoms with Crippen LogP contribution in [-0.2, 0) is 9.47 Å². The molecule has 94 valence electrons. The molecule has 1 heterocycles. The molecule has 0 atom stereocenters. The van der Waals surface area contributed by atoms with Gasteiger partial charge in [-0.15, -0.1) is 0 Å². The van der Waals surface area contributed by atoms with Crippen molar-refractivity contribution >= 4 is 12.1 Å². The smallest absolute Gasteiger partial charge is 0.435 e. The average Bonchev–Trinajstić information content (AvgIpc) is 2.63. The number of aromatic nitrogens is 2. The lowest BCUT2D eigenvalue weighted by Gasteiger charge is -2.18. The third kappa shape index (κ3) is 3.90. The van der Waals surface area contributed by atoms with Crippen molar-refractivity contribution in [3.05, 3.63) is 18.0 Å². The van der Waals surface area contributed by atoms with E-state index in [1.165, 1.54) is 12.3 Å². The Morgan fingerprint density at radius 3 is 2.59 bits per heavy atom. The minimum atomic E-state index is -0.631. The van der Waals surface area contributed by atoms with Crippen molar-refractivity contribution in [2.24, 2.45) is 0 Å². The molecule has 6 heteroatoms. The van der Waals surface area contributed by atoms with Crippen molar-refractivity contribution in [1.29, 1.82) is 0 Å². The molecule has 0 aromatic carbocycles. The van der Waals surface area contributed by atoms with E-state index in [4.69, 9.17) is 9.47 Å². The Bertz CT molecular complexity index is 417. The van der Waals surface area contributed by atoms with Crippen molar-refractivity contribution in [3.8, 4) is 0 Å². The Hall–Kier alpha value is -1.85. The van der Waals surface area contributed by atoms with E-state index < -0.39 is 17.7 Å². The molecule has 17 heavy (non-hydrogen) atoms. The standard InChI is InChI=1S/C11H16N2O4/c1-5-16-9(14)8-6-7-13(12-8)10(15)17-11(2,3)4/h6-7H,5H2,1-4H3. The fourth-order valence-electron chi connectivity index (χ4n) is 1.05. The lowest BCUT2D eigenvalue weighted by Crippen LogP contribution is -2.27. The number of hydrogen-bond acceptors (Lipinski definition) is 5. The molecule has 0 N–H and O–H groups in total. The van der Waals surface area contributed by atoms with Crippen LogP contribution in [0.3, 0.4) is 0 Å². The third-order valence-electron chi connectivity index (χ3n) is 1.65. The zero-order chi connectivity index (χ0) is 13.1. The number of rotatable bonds is 2. The van der Waals surface area contributed by atoms with E-state index in [-0.39, 0.29) is 12.3 Å². The van der Waals surface area contributed by atoms with E-state index >= 15 is 0 Å². The molecule has 0 amide bonds. The minimum absolute atomic E-state index is 0.0812. The van der Waals surface area contributed by atoms with E-state index in [1.54, 1.807) is 27.7 Å². The summed E-state index contributed by atoms with van der Waals surface area (Å²) in [5.41, 5.74) is -0.523. The maximum absolute atomic E-state index is 11.6. The lowest BCUT2D eigenvalue weighted by atomic mass is 10.2. The van der Waals surface area contributed by atoms with Gasteiger partial charge in [-0.2, -0.15) is 9.78 Å². The summed E-state index contributed by atoms with van der Waals surface area (Å²) in [5, 5.41) is 3.78. The molecule has 0 bridgehead atoms. The number of nitrogens with zero attached hydrogens (tertiary/aromatic N) is 2. The van der Waals surface area contributed by atoms with Crippen molar-refractivity contribution in [3.63, 3.8) is 0 Å². The van der Waals surface area contributed by atoms with Gasteiger partial charge in [-0.1, -0.05) is 0 Å². The normalized spacial score (nSPS) is 11.1. The number of carbonyl (C=O) groups excluding carboxylic acids is 2. The topological polar surface area (TPSA) is 70.4 Å². The van der Waals surface area contributed by atoms with Crippen molar-refractivity contribution in [2.75, 3.05) is 6.61 Å². The first-order valence-corrected chi connectivity index (χ1v) is 5.29. The van der Waals surface area contributed by atoms with Gasteiger partial charge in [0.05, 0.1) is 6.61 Å². The number of ether oxygens (including phenoxy) is 2. The minimum Gasteiger partial charge on any atom is -0.461 e. The van der Waals surface area contributed by atoms with Crippen LogP contribution in [0, 0.1) is 0 Å². The summed E-state index contributed by atoms with van der Waals surface area (Å²) in [6.45, 7) is 7.21. The predicted octanol–water partition coefficient (Wildman–Crippen LogP) is 1.84. The monoisotopic (exact) mass is 240 g/mol. The summed E-state index contributed by atoms with van der Waals surface area (Å²) in [6.07, 6.45) is 0.730. The molecule has 0 saturated carbocycles. The summed E-state index contributed by atoms with van der Waals surface area (Å²) in [7, 11) is 0. The highest BCUT2D eigenvalue weighted by Crippen LogP contribution is 2.09. The molecule has 1 aromatic rings. The molecular formula is C11H16N2O4. The summed E-state index contributed by atoms with van der Waals surface area (Å²) in [4.78, 5) is 22.9. The van der Waals surface area contributed by atoms with Crippen LogP contribution in [0.15, 0.2) is 12.3 Å². The van der Waals surface area contributed by atoms with E-state index in [9.17, 15) is 9.59 Å². The van der Waals surface area contributed by atoms with Crippen LogP contribution in [0.25, 0.3) is 0 Å². The maximum Gasteiger partial charge on any atom is 0.435 e. The van der Waals surface area contributed by atoms with Crippen molar-refractivity contribution in [1.82, 2.24) is 9.78 Å². The summed E-state index contributed by atoms with van der Waals surface area (Å²) in [5.74, 6) is -0.560. The van der Waals surface area contributed by atoms with Gasteiger partial charge >= 0.3 is 12.1 Å². The molecule has 0 fully saturated rings. The summed E-state index contributed by atoms with van der Waals surface area (Å²) < 4.78 is 10.8.